The van der Waals surface area contributed by atoms with E-state index >= 15 is 0 Å². The first-order chi connectivity index (χ1) is 3.97. The standard InChI is InChI=1S/CH6O4Si.CO2.Na.H/c1-5-6(2,3)4;2-1-3;;/h2-4H,1H3;;;. The van der Waals surface area contributed by atoms with Crippen LogP contribution in [0.5, 0.6) is 0 Å². The van der Waals surface area contributed by atoms with Gasteiger partial charge < -0.3 is 18.8 Å². The van der Waals surface area contributed by atoms with Crippen LogP contribution in [0.3, 0.4) is 0 Å². The Morgan fingerprint density at radius 2 is 1.40 bits per heavy atom. The molecule has 0 atom stereocenters. The number of hydrogen-bond acceptors (Lipinski definition) is 6. The Morgan fingerprint density at radius 1 is 1.30 bits per heavy atom. The summed E-state index contributed by atoms with van der Waals surface area (Å²) in [5.41, 5.74) is 0. The van der Waals surface area contributed by atoms with Crippen molar-refractivity contribution in [3.8, 4) is 0 Å². The number of carbonyl (C=O) groups excluding carboxylic acids is 2. The van der Waals surface area contributed by atoms with Gasteiger partial charge in [-0.25, -0.2) is 0 Å². The fraction of sp³-hybridized carbons (Fsp3) is 0.500. The third-order valence-electron chi connectivity index (χ3n) is 0.274. The summed E-state index contributed by atoms with van der Waals surface area (Å²) in [6.07, 6.45) is 0.250. The molecule has 8 heteroatoms. The first-order valence-electron chi connectivity index (χ1n) is 1.69. The van der Waals surface area contributed by atoms with Crippen molar-refractivity contribution in [2.75, 3.05) is 7.11 Å². The fourth-order valence-corrected chi connectivity index (χ4v) is 0. The average molecular weight is 178 g/mol. The molecule has 0 bridgehead atoms. The van der Waals surface area contributed by atoms with Crippen molar-refractivity contribution in [2.45, 2.75) is 0 Å². The molecule has 0 unspecified atom stereocenters. The summed E-state index contributed by atoms with van der Waals surface area (Å²) >= 11 is 0. The molecule has 0 rings (SSSR count). The van der Waals surface area contributed by atoms with Gasteiger partial charge in [-0.2, -0.15) is 9.59 Å². The second-order valence-corrected chi connectivity index (χ2v) is 2.42. The molecule has 56 valence electrons. The zero-order valence-corrected chi connectivity index (χ0v) is 5.57. The van der Waals surface area contributed by atoms with Gasteiger partial charge in [-0.05, 0) is 0 Å². The van der Waals surface area contributed by atoms with E-state index in [-0.39, 0.29) is 35.7 Å². The van der Waals surface area contributed by atoms with Crippen LogP contribution in [0, 0.1) is 0 Å². The SMILES string of the molecule is CO[Si](O)(O)O.O=C=O.[NaH]. The monoisotopic (exact) mass is 178 g/mol. The third kappa shape index (κ3) is 39.5. The first-order valence-corrected chi connectivity index (χ1v) is 3.44. The molecule has 6 nitrogen and oxygen atoms in total. The van der Waals surface area contributed by atoms with E-state index in [1.165, 1.54) is 0 Å². The van der Waals surface area contributed by atoms with E-state index in [1.807, 2.05) is 0 Å². The van der Waals surface area contributed by atoms with Crippen LogP contribution < -0.4 is 0 Å². The van der Waals surface area contributed by atoms with Crippen LogP contribution in [-0.2, 0) is 14.0 Å². The van der Waals surface area contributed by atoms with Gasteiger partial charge in [-0.3, -0.25) is 0 Å². The fourth-order valence-electron chi connectivity index (χ4n) is 0. The second kappa shape index (κ2) is 9.44. The van der Waals surface area contributed by atoms with Gasteiger partial charge in [0.15, 0.2) is 0 Å². The number of rotatable bonds is 1. The van der Waals surface area contributed by atoms with E-state index in [4.69, 9.17) is 24.0 Å². The topological polar surface area (TPSA) is 104 Å². The minimum absolute atomic E-state index is 0. The molecule has 0 aromatic heterocycles. The van der Waals surface area contributed by atoms with E-state index in [0.29, 0.717) is 0 Å². The van der Waals surface area contributed by atoms with Gasteiger partial charge in [0.25, 0.3) is 0 Å². The van der Waals surface area contributed by atoms with Crippen LogP contribution >= 0.6 is 0 Å². The molecular weight excluding hydrogens is 171 g/mol. The molecule has 0 saturated heterocycles. The second-order valence-electron chi connectivity index (χ2n) is 0.861. The van der Waals surface area contributed by atoms with Gasteiger partial charge in [0.2, 0.25) is 0 Å². The molecule has 0 aliphatic rings. The third-order valence-corrected chi connectivity index (χ3v) is 0.822. The summed E-state index contributed by atoms with van der Waals surface area (Å²) in [7, 11) is -3.11. The molecule has 0 aromatic rings. The van der Waals surface area contributed by atoms with Crippen LogP contribution in [0.25, 0.3) is 0 Å². The van der Waals surface area contributed by atoms with Crippen molar-refractivity contribution in [1.29, 1.82) is 0 Å². The zero-order chi connectivity index (χ0) is 7.91. The Hall–Kier alpha value is 0.437. The van der Waals surface area contributed by atoms with Crippen LogP contribution in [0.15, 0.2) is 0 Å². The van der Waals surface area contributed by atoms with Gasteiger partial charge in [0, 0.05) is 7.11 Å². The summed E-state index contributed by atoms with van der Waals surface area (Å²) in [4.78, 5) is 39.8. The molecule has 0 spiro atoms. The van der Waals surface area contributed by atoms with Gasteiger partial charge >= 0.3 is 44.8 Å². The summed E-state index contributed by atoms with van der Waals surface area (Å²) in [6, 6.07) is 0. The molecule has 0 fully saturated rings. The molecule has 0 aliphatic heterocycles. The molecular formula is C2H7NaO6Si. The minimum atomic E-state index is -4.13. The quantitative estimate of drug-likeness (QED) is 0.365. The first kappa shape index (κ1) is 16.8. The van der Waals surface area contributed by atoms with Gasteiger partial charge in [-0.1, -0.05) is 0 Å². The maximum atomic E-state index is 8.12. The summed E-state index contributed by atoms with van der Waals surface area (Å²) in [5.74, 6) is 0. The van der Waals surface area contributed by atoms with E-state index in [0.717, 1.165) is 7.11 Å². The zero-order valence-electron chi connectivity index (χ0n) is 4.57. The number of hydrogen-bond donors (Lipinski definition) is 3. The Balaban J connectivity index is -0.000000107. The van der Waals surface area contributed by atoms with Crippen molar-refractivity contribution in [3.63, 3.8) is 0 Å². The van der Waals surface area contributed by atoms with Crippen molar-refractivity contribution in [2.24, 2.45) is 0 Å². The predicted octanol–water partition coefficient (Wildman–Crippen LogP) is -3.19. The van der Waals surface area contributed by atoms with E-state index in [9.17, 15) is 0 Å². The Kier molecular flexibility index (Phi) is 15.9. The van der Waals surface area contributed by atoms with Crippen LogP contribution in [0.4, 0.5) is 0 Å². The summed E-state index contributed by atoms with van der Waals surface area (Å²) in [6.45, 7) is 0. The average Bonchev–Trinajstić information content (AvgIpc) is 1.67. The Morgan fingerprint density at radius 3 is 1.40 bits per heavy atom. The van der Waals surface area contributed by atoms with Gasteiger partial charge in [0.1, 0.15) is 0 Å². The molecule has 3 N–H and O–H groups in total. The molecule has 0 radical (unpaired) electrons. The van der Waals surface area contributed by atoms with E-state index in [2.05, 4.69) is 4.43 Å². The van der Waals surface area contributed by atoms with Gasteiger partial charge in [0.05, 0.1) is 0 Å². The van der Waals surface area contributed by atoms with Crippen molar-refractivity contribution < 1.29 is 28.4 Å². The van der Waals surface area contributed by atoms with Crippen molar-refractivity contribution >= 4 is 44.8 Å². The van der Waals surface area contributed by atoms with Crippen molar-refractivity contribution in [3.05, 3.63) is 0 Å². The van der Waals surface area contributed by atoms with Crippen LogP contribution in [0.1, 0.15) is 0 Å². The maximum absolute atomic E-state index is 8.12. The van der Waals surface area contributed by atoms with Crippen LogP contribution in [-0.4, -0.2) is 66.3 Å². The Labute approximate surface area is 80.2 Å². The van der Waals surface area contributed by atoms with E-state index < -0.39 is 9.05 Å². The molecule has 0 aliphatic carbocycles. The molecule has 0 amide bonds. The van der Waals surface area contributed by atoms with Crippen LogP contribution in [0.2, 0.25) is 0 Å². The van der Waals surface area contributed by atoms with Gasteiger partial charge in [-0.15, -0.1) is 0 Å². The normalized spacial score (nSPS) is 8.00. The van der Waals surface area contributed by atoms with E-state index in [1.54, 1.807) is 0 Å². The molecule has 0 aromatic carbocycles. The summed E-state index contributed by atoms with van der Waals surface area (Å²) in [5, 5.41) is 0. The Bertz CT molecular complexity index is 92.4. The van der Waals surface area contributed by atoms with Crippen molar-refractivity contribution in [1.82, 2.24) is 0 Å². The molecule has 0 heterocycles. The molecule has 10 heavy (non-hydrogen) atoms. The summed E-state index contributed by atoms with van der Waals surface area (Å²) < 4.78 is 3.74. The molecule has 0 saturated carbocycles. The predicted molar refractivity (Wildman–Crippen MR) is 31.6 cm³/mol.